The minimum Gasteiger partial charge on any atom is -0.489 e. The van der Waals surface area contributed by atoms with Gasteiger partial charge in [-0.3, -0.25) is 0 Å². The fourth-order valence-corrected chi connectivity index (χ4v) is 2.75. The smallest absolute Gasteiger partial charge is 0.129 e. The van der Waals surface area contributed by atoms with E-state index in [0.717, 1.165) is 23.6 Å². The zero-order chi connectivity index (χ0) is 16.1. The number of morpholine rings is 1. The molecule has 2 aromatic carbocycles. The maximum atomic E-state index is 13.6. The third-order valence-electron chi connectivity index (χ3n) is 3.73. The van der Waals surface area contributed by atoms with Crippen molar-refractivity contribution in [1.29, 1.82) is 0 Å². The second-order valence-electron chi connectivity index (χ2n) is 5.31. The number of nitrogens with zero attached hydrogens (tertiary/aromatic N) is 1. The van der Waals surface area contributed by atoms with Gasteiger partial charge in [0.25, 0.3) is 0 Å². The summed E-state index contributed by atoms with van der Waals surface area (Å²) in [5.74, 6) is 0.425. The molecule has 2 aromatic rings. The van der Waals surface area contributed by atoms with Crippen LogP contribution in [-0.2, 0) is 11.3 Å². The first-order valence-corrected chi connectivity index (χ1v) is 7.98. The summed E-state index contributed by atoms with van der Waals surface area (Å²) >= 11 is 5.55. The van der Waals surface area contributed by atoms with E-state index in [4.69, 9.17) is 21.7 Å². The third-order valence-corrected chi connectivity index (χ3v) is 4.23. The lowest BCUT2D eigenvalue weighted by Crippen LogP contribution is -2.40. The highest BCUT2D eigenvalue weighted by atomic mass is 32.1. The Kier molecular flexibility index (Phi) is 5.20. The molecule has 0 aromatic heterocycles. The van der Waals surface area contributed by atoms with Crippen LogP contribution < -0.4 is 4.74 Å². The van der Waals surface area contributed by atoms with E-state index in [-0.39, 0.29) is 12.4 Å². The van der Waals surface area contributed by atoms with Gasteiger partial charge < -0.3 is 14.4 Å². The molecule has 1 heterocycles. The summed E-state index contributed by atoms with van der Waals surface area (Å²) in [5, 5.41) is 0. The normalized spacial score (nSPS) is 14.6. The molecule has 1 fully saturated rings. The molecule has 120 valence electrons. The van der Waals surface area contributed by atoms with Gasteiger partial charge in [0.1, 0.15) is 23.2 Å². The Balaban J connectivity index is 1.67. The Bertz CT molecular complexity index is 686. The summed E-state index contributed by atoms with van der Waals surface area (Å²) < 4.78 is 24.7. The highest BCUT2D eigenvalue weighted by molar-refractivity contribution is 7.80. The van der Waals surface area contributed by atoms with Gasteiger partial charge in [-0.15, -0.1) is 0 Å². The lowest BCUT2D eigenvalue weighted by atomic mass is 10.2. The predicted molar refractivity (Wildman–Crippen MR) is 91.3 cm³/mol. The number of hydrogen-bond acceptors (Lipinski definition) is 3. The Morgan fingerprint density at radius 1 is 1.13 bits per heavy atom. The summed E-state index contributed by atoms with van der Waals surface area (Å²) in [7, 11) is 0. The molecule has 0 spiro atoms. The molecule has 0 aliphatic carbocycles. The fraction of sp³-hybridized carbons (Fsp3) is 0.278. The number of hydrogen-bond donors (Lipinski definition) is 0. The molecule has 23 heavy (non-hydrogen) atoms. The fourth-order valence-electron chi connectivity index (χ4n) is 2.44. The Hall–Kier alpha value is -1.98. The van der Waals surface area contributed by atoms with Crippen LogP contribution in [0.25, 0.3) is 0 Å². The van der Waals surface area contributed by atoms with E-state index in [0.29, 0.717) is 24.5 Å². The second-order valence-corrected chi connectivity index (χ2v) is 5.70. The monoisotopic (exact) mass is 331 g/mol. The molecule has 3 nitrogen and oxygen atoms in total. The van der Waals surface area contributed by atoms with Crippen LogP contribution in [0.5, 0.6) is 5.75 Å². The van der Waals surface area contributed by atoms with Crippen molar-refractivity contribution >= 4 is 17.2 Å². The molecule has 3 rings (SSSR count). The summed E-state index contributed by atoms with van der Waals surface area (Å²) in [6.07, 6.45) is 0. The summed E-state index contributed by atoms with van der Waals surface area (Å²) in [4.78, 5) is 2.93. The Labute approximate surface area is 140 Å². The molecule has 0 saturated carbocycles. The lowest BCUT2D eigenvalue weighted by Gasteiger charge is -2.29. The van der Waals surface area contributed by atoms with E-state index in [2.05, 4.69) is 4.90 Å². The largest absolute Gasteiger partial charge is 0.489 e. The second kappa shape index (κ2) is 7.53. The van der Waals surface area contributed by atoms with E-state index in [1.165, 1.54) is 6.07 Å². The first kappa shape index (κ1) is 15.9. The van der Waals surface area contributed by atoms with Crippen LogP contribution >= 0.6 is 12.2 Å². The average molecular weight is 331 g/mol. The molecule has 5 heteroatoms. The van der Waals surface area contributed by atoms with Crippen molar-refractivity contribution in [2.45, 2.75) is 6.61 Å². The summed E-state index contributed by atoms with van der Waals surface area (Å²) in [5.41, 5.74) is 1.47. The molecular formula is C18H18FNO2S. The van der Waals surface area contributed by atoms with Gasteiger partial charge in [-0.05, 0) is 18.2 Å². The van der Waals surface area contributed by atoms with Gasteiger partial charge in [-0.1, -0.05) is 42.5 Å². The maximum absolute atomic E-state index is 13.6. The molecule has 1 aliphatic rings. The third kappa shape index (κ3) is 4.06. The van der Waals surface area contributed by atoms with E-state index in [9.17, 15) is 4.39 Å². The van der Waals surface area contributed by atoms with Gasteiger partial charge >= 0.3 is 0 Å². The molecule has 1 saturated heterocycles. The highest BCUT2D eigenvalue weighted by Crippen LogP contribution is 2.18. The average Bonchev–Trinajstić information content (AvgIpc) is 2.61. The number of halogens is 1. The van der Waals surface area contributed by atoms with E-state index in [1.54, 1.807) is 18.2 Å². The van der Waals surface area contributed by atoms with Crippen LogP contribution in [0.4, 0.5) is 4.39 Å². The molecule has 0 radical (unpaired) electrons. The molecular weight excluding hydrogens is 313 g/mol. The van der Waals surface area contributed by atoms with Crippen LogP contribution in [0.3, 0.4) is 0 Å². The molecule has 0 atom stereocenters. The van der Waals surface area contributed by atoms with Crippen molar-refractivity contribution in [3.63, 3.8) is 0 Å². The van der Waals surface area contributed by atoms with Gasteiger partial charge in [-0.25, -0.2) is 4.39 Å². The zero-order valence-corrected chi connectivity index (χ0v) is 13.5. The highest BCUT2D eigenvalue weighted by Gasteiger charge is 2.15. The summed E-state index contributed by atoms with van der Waals surface area (Å²) in [6, 6.07) is 14.2. The predicted octanol–water partition coefficient (Wildman–Crippen LogP) is 3.41. The molecule has 1 aliphatic heterocycles. The Morgan fingerprint density at radius 3 is 2.70 bits per heavy atom. The van der Waals surface area contributed by atoms with E-state index in [1.807, 2.05) is 24.3 Å². The number of thiocarbonyl (C=S) groups is 1. The SMILES string of the molecule is Fc1ccccc1COc1cccc(C(=S)N2CCOCC2)c1. The molecule has 0 bridgehead atoms. The van der Waals surface area contributed by atoms with Crippen LogP contribution in [-0.4, -0.2) is 36.2 Å². The Morgan fingerprint density at radius 2 is 1.91 bits per heavy atom. The van der Waals surface area contributed by atoms with Gasteiger partial charge in [-0.2, -0.15) is 0 Å². The topological polar surface area (TPSA) is 21.7 Å². The van der Waals surface area contributed by atoms with Crippen LogP contribution in [0.2, 0.25) is 0 Å². The standard InChI is InChI=1S/C18H18FNO2S/c19-17-7-2-1-4-15(17)13-22-16-6-3-5-14(12-16)18(23)20-8-10-21-11-9-20/h1-7,12H,8-11,13H2. The first-order valence-electron chi connectivity index (χ1n) is 7.57. The number of ether oxygens (including phenoxy) is 2. The number of benzene rings is 2. The van der Waals surface area contributed by atoms with Gasteiger partial charge in [0.15, 0.2) is 0 Å². The maximum Gasteiger partial charge on any atom is 0.129 e. The van der Waals surface area contributed by atoms with Crippen LogP contribution in [0.1, 0.15) is 11.1 Å². The minimum atomic E-state index is -0.257. The van der Waals surface area contributed by atoms with E-state index < -0.39 is 0 Å². The van der Waals surface area contributed by atoms with E-state index >= 15 is 0 Å². The number of rotatable bonds is 4. The van der Waals surface area contributed by atoms with Crippen molar-refractivity contribution in [3.8, 4) is 5.75 Å². The van der Waals surface area contributed by atoms with Crippen molar-refractivity contribution in [1.82, 2.24) is 4.90 Å². The lowest BCUT2D eigenvalue weighted by molar-refractivity contribution is 0.0693. The van der Waals surface area contributed by atoms with Gasteiger partial charge in [0, 0.05) is 24.2 Å². The van der Waals surface area contributed by atoms with Crippen molar-refractivity contribution in [2.75, 3.05) is 26.3 Å². The first-order chi connectivity index (χ1) is 11.2. The molecule has 0 amide bonds. The minimum absolute atomic E-state index is 0.195. The van der Waals surface area contributed by atoms with Gasteiger partial charge in [0.05, 0.1) is 13.2 Å². The molecule has 0 unspecified atom stereocenters. The van der Waals surface area contributed by atoms with Crippen molar-refractivity contribution in [3.05, 3.63) is 65.5 Å². The molecule has 0 N–H and O–H groups in total. The zero-order valence-electron chi connectivity index (χ0n) is 12.7. The summed E-state index contributed by atoms with van der Waals surface area (Å²) in [6.45, 7) is 3.20. The quantitative estimate of drug-likeness (QED) is 0.800. The van der Waals surface area contributed by atoms with Gasteiger partial charge in [0.2, 0.25) is 0 Å². The van der Waals surface area contributed by atoms with Crippen molar-refractivity contribution in [2.24, 2.45) is 0 Å². The van der Waals surface area contributed by atoms with Crippen LogP contribution in [0.15, 0.2) is 48.5 Å². The van der Waals surface area contributed by atoms with Crippen LogP contribution in [0, 0.1) is 5.82 Å². The van der Waals surface area contributed by atoms with Crippen molar-refractivity contribution < 1.29 is 13.9 Å².